The van der Waals surface area contributed by atoms with Crippen molar-refractivity contribution in [1.82, 2.24) is 5.32 Å². The Morgan fingerprint density at radius 3 is 2.71 bits per heavy atom. The monoisotopic (exact) mass is 255 g/mol. The van der Waals surface area contributed by atoms with Crippen molar-refractivity contribution in [3.05, 3.63) is 34.3 Å². The van der Waals surface area contributed by atoms with E-state index >= 15 is 0 Å². The van der Waals surface area contributed by atoms with E-state index in [1.807, 2.05) is 18.2 Å². The van der Waals surface area contributed by atoms with Gasteiger partial charge in [-0.15, -0.1) is 0 Å². The molecule has 0 radical (unpaired) electrons. The fraction of sp³-hybridized carbons (Fsp3) is 0.300. The summed E-state index contributed by atoms with van der Waals surface area (Å²) in [6, 6.07) is 7.55. The Labute approximate surface area is 90.6 Å². The number of carbonyl (C=O) groups is 1. The maximum atomic E-state index is 11.7. The molecule has 0 aromatic heterocycles. The van der Waals surface area contributed by atoms with Crippen LogP contribution in [0.25, 0.3) is 0 Å². The van der Waals surface area contributed by atoms with Gasteiger partial charge >= 0.3 is 0 Å². The van der Waals surface area contributed by atoms with Gasteiger partial charge in [0.25, 0.3) is 5.91 Å². The van der Waals surface area contributed by atoms with Gasteiger partial charge in [-0.05, 0) is 28.1 Å². The molecule has 1 fully saturated rings. The van der Waals surface area contributed by atoms with E-state index in [-0.39, 0.29) is 11.9 Å². The van der Waals surface area contributed by atoms with Gasteiger partial charge in [0.1, 0.15) is 0 Å². The number of halogens is 1. The third-order valence-corrected chi connectivity index (χ3v) is 2.78. The zero-order valence-corrected chi connectivity index (χ0v) is 9.08. The van der Waals surface area contributed by atoms with Crippen molar-refractivity contribution in [3.63, 3.8) is 0 Å². The summed E-state index contributed by atoms with van der Waals surface area (Å²) >= 11 is 3.33. The fourth-order valence-electron chi connectivity index (χ4n) is 1.23. The van der Waals surface area contributed by atoms with Crippen molar-refractivity contribution < 1.29 is 9.53 Å². The van der Waals surface area contributed by atoms with Crippen LogP contribution in [0.15, 0.2) is 28.7 Å². The van der Waals surface area contributed by atoms with Crippen molar-refractivity contribution in [3.8, 4) is 0 Å². The number of ether oxygens (including phenoxy) is 1. The molecule has 1 heterocycles. The minimum atomic E-state index is -0.0502. The second-order valence-corrected chi connectivity index (χ2v) is 4.04. The van der Waals surface area contributed by atoms with Gasteiger partial charge in [-0.1, -0.05) is 12.1 Å². The molecule has 1 aromatic carbocycles. The lowest BCUT2D eigenvalue weighted by Crippen LogP contribution is -2.48. The highest BCUT2D eigenvalue weighted by Gasteiger charge is 2.21. The Balaban J connectivity index is 2.06. The maximum Gasteiger partial charge on any atom is 0.252 e. The molecule has 1 aliphatic heterocycles. The van der Waals surface area contributed by atoms with Crippen LogP contribution in [-0.4, -0.2) is 25.2 Å². The van der Waals surface area contributed by atoms with Crippen LogP contribution < -0.4 is 5.32 Å². The average molecular weight is 256 g/mol. The van der Waals surface area contributed by atoms with Crippen molar-refractivity contribution in [2.24, 2.45) is 0 Å². The number of nitrogens with one attached hydrogen (secondary N) is 1. The topological polar surface area (TPSA) is 38.3 Å². The molecule has 1 saturated heterocycles. The van der Waals surface area contributed by atoms with E-state index in [4.69, 9.17) is 4.74 Å². The zero-order chi connectivity index (χ0) is 9.97. The molecule has 14 heavy (non-hydrogen) atoms. The molecular formula is C10H10BrNO2. The second-order valence-electron chi connectivity index (χ2n) is 3.19. The summed E-state index contributed by atoms with van der Waals surface area (Å²) in [7, 11) is 0. The van der Waals surface area contributed by atoms with Gasteiger partial charge in [-0.2, -0.15) is 0 Å². The number of amides is 1. The van der Waals surface area contributed by atoms with Crippen LogP contribution in [0.3, 0.4) is 0 Å². The van der Waals surface area contributed by atoms with Crippen molar-refractivity contribution >= 4 is 21.8 Å². The minimum absolute atomic E-state index is 0.0502. The summed E-state index contributed by atoms with van der Waals surface area (Å²) in [4.78, 5) is 11.7. The third-order valence-electron chi connectivity index (χ3n) is 2.09. The van der Waals surface area contributed by atoms with Crippen LogP contribution in [0, 0.1) is 0 Å². The van der Waals surface area contributed by atoms with Crippen LogP contribution in [-0.2, 0) is 4.74 Å². The molecule has 3 nitrogen and oxygen atoms in total. The summed E-state index contributed by atoms with van der Waals surface area (Å²) < 4.78 is 5.79. The van der Waals surface area contributed by atoms with Crippen LogP contribution in [0.1, 0.15) is 10.4 Å². The van der Waals surface area contributed by atoms with Crippen LogP contribution in [0.4, 0.5) is 0 Å². The standard InChI is InChI=1S/C10H10BrNO2/c11-9-4-2-1-3-8(9)10(13)12-7-5-14-6-7/h1-4,7H,5-6H2,(H,12,13). The van der Waals surface area contributed by atoms with E-state index in [0.29, 0.717) is 18.8 Å². The van der Waals surface area contributed by atoms with Gasteiger partial charge in [0.05, 0.1) is 24.8 Å². The normalized spacial score (nSPS) is 16.1. The van der Waals surface area contributed by atoms with E-state index in [1.165, 1.54) is 0 Å². The third kappa shape index (κ3) is 1.96. The first kappa shape index (κ1) is 9.68. The summed E-state index contributed by atoms with van der Waals surface area (Å²) in [6.45, 7) is 1.24. The Morgan fingerprint density at radius 2 is 2.14 bits per heavy atom. The first-order valence-corrected chi connectivity index (χ1v) is 5.20. The Morgan fingerprint density at radius 1 is 1.43 bits per heavy atom. The summed E-state index contributed by atoms with van der Waals surface area (Å²) in [5, 5.41) is 2.88. The molecule has 1 N–H and O–H groups in total. The Bertz CT molecular complexity index is 350. The summed E-state index contributed by atoms with van der Waals surface area (Å²) in [5.41, 5.74) is 0.666. The van der Waals surface area contributed by atoms with E-state index in [2.05, 4.69) is 21.2 Å². The highest BCUT2D eigenvalue weighted by molar-refractivity contribution is 9.10. The van der Waals surface area contributed by atoms with Gasteiger partial charge in [0.2, 0.25) is 0 Å². The predicted molar refractivity (Wildman–Crippen MR) is 56.2 cm³/mol. The fourth-order valence-corrected chi connectivity index (χ4v) is 1.69. The highest BCUT2D eigenvalue weighted by atomic mass is 79.9. The van der Waals surface area contributed by atoms with Gasteiger partial charge < -0.3 is 10.1 Å². The zero-order valence-electron chi connectivity index (χ0n) is 7.50. The molecule has 4 heteroatoms. The lowest BCUT2D eigenvalue weighted by atomic mass is 10.2. The molecule has 0 bridgehead atoms. The molecule has 1 aliphatic rings. The molecule has 0 saturated carbocycles. The molecule has 0 aliphatic carbocycles. The number of benzene rings is 1. The molecule has 2 rings (SSSR count). The van der Waals surface area contributed by atoms with E-state index in [0.717, 1.165) is 4.47 Å². The van der Waals surface area contributed by atoms with Crippen molar-refractivity contribution in [1.29, 1.82) is 0 Å². The Kier molecular flexibility index (Phi) is 2.84. The van der Waals surface area contributed by atoms with Crippen LogP contribution >= 0.6 is 15.9 Å². The van der Waals surface area contributed by atoms with Crippen molar-refractivity contribution in [2.75, 3.05) is 13.2 Å². The molecular weight excluding hydrogens is 246 g/mol. The van der Waals surface area contributed by atoms with E-state index in [9.17, 15) is 4.79 Å². The van der Waals surface area contributed by atoms with E-state index in [1.54, 1.807) is 6.07 Å². The molecule has 1 aromatic rings. The lowest BCUT2D eigenvalue weighted by molar-refractivity contribution is -0.00347. The number of hydrogen-bond donors (Lipinski definition) is 1. The average Bonchev–Trinajstić information content (AvgIpc) is 2.12. The van der Waals surface area contributed by atoms with Gasteiger partial charge in [-0.3, -0.25) is 4.79 Å². The van der Waals surface area contributed by atoms with Crippen LogP contribution in [0.2, 0.25) is 0 Å². The molecule has 0 unspecified atom stereocenters. The minimum Gasteiger partial charge on any atom is -0.377 e. The molecule has 1 amide bonds. The van der Waals surface area contributed by atoms with Gasteiger partial charge in [-0.25, -0.2) is 0 Å². The van der Waals surface area contributed by atoms with E-state index < -0.39 is 0 Å². The Hall–Kier alpha value is -0.870. The maximum absolute atomic E-state index is 11.7. The molecule has 74 valence electrons. The largest absolute Gasteiger partial charge is 0.377 e. The predicted octanol–water partition coefficient (Wildman–Crippen LogP) is 1.58. The molecule has 0 spiro atoms. The lowest BCUT2D eigenvalue weighted by Gasteiger charge is -2.26. The second kappa shape index (κ2) is 4.11. The smallest absolute Gasteiger partial charge is 0.252 e. The van der Waals surface area contributed by atoms with Gasteiger partial charge in [0.15, 0.2) is 0 Å². The highest BCUT2D eigenvalue weighted by Crippen LogP contribution is 2.16. The molecule has 0 atom stereocenters. The number of rotatable bonds is 2. The number of carbonyl (C=O) groups excluding carboxylic acids is 1. The van der Waals surface area contributed by atoms with Crippen LogP contribution in [0.5, 0.6) is 0 Å². The summed E-state index contributed by atoms with van der Waals surface area (Å²) in [5.74, 6) is -0.0502. The quantitative estimate of drug-likeness (QED) is 0.872. The number of hydrogen-bond acceptors (Lipinski definition) is 2. The summed E-state index contributed by atoms with van der Waals surface area (Å²) in [6.07, 6.45) is 0. The first-order chi connectivity index (χ1) is 6.77. The van der Waals surface area contributed by atoms with Crippen molar-refractivity contribution in [2.45, 2.75) is 6.04 Å². The SMILES string of the molecule is O=C(NC1COC1)c1ccccc1Br. The first-order valence-electron chi connectivity index (χ1n) is 4.40. The van der Waals surface area contributed by atoms with Gasteiger partial charge in [0, 0.05) is 4.47 Å².